The molecule has 0 aromatic heterocycles. The second-order valence-electron chi connectivity index (χ2n) is 0.516. The summed E-state index contributed by atoms with van der Waals surface area (Å²) in [5.41, 5.74) is 0. The van der Waals surface area contributed by atoms with Crippen LogP contribution in [0.25, 0.3) is 0 Å². The molecule has 0 rings (SSSR count). The van der Waals surface area contributed by atoms with Crippen LogP contribution in [-0.4, -0.2) is 23.4 Å². The highest BCUT2D eigenvalue weighted by Gasteiger charge is 1.34. The Bertz CT molecular complexity index is 29.9. The molecule has 0 aromatic rings. The van der Waals surface area contributed by atoms with Crippen LogP contribution in [0.1, 0.15) is 38.9 Å². The summed E-state index contributed by atoms with van der Waals surface area (Å²) in [6.07, 6.45) is 0. The van der Waals surface area contributed by atoms with Gasteiger partial charge in [-0.3, -0.25) is 0 Å². The van der Waals surface area contributed by atoms with E-state index in [2.05, 4.69) is 0 Å². The van der Waals surface area contributed by atoms with Gasteiger partial charge in [0.05, 0.1) is 2.74 Å². The van der Waals surface area contributed by atoms with Crippen molar-refractivity contribution in [2.45, 2.75) is 36.1 Å². The molecule has 64 valence electrons. The molecular formula is C7H24O2. The van der Waals surface area contributed by atoms with Gasteiger partial charge in [0.2, 0.25) is 0 Å². The van der Waals surface area contributed by atoms with Crippen LogP contribution in [0.4, 0.5) is 0 Å². The van der Waals surface area contributed by atoms with Gasteiger partial charge in [-0.1, -0.05) is 22.3 Å². The quantitative estimate of drug-likeness (QED) is 0.542. The van der Waals surface area contributed by atoms with E-state index in [4.69, 9.17) is 13.0 Å². The van der Waals surface area contributed by atoms with E-state index in [1.54, 1.807) is 0 Å². The van der Waals surface area contributed by atoms with Gasteiger partial charge in [-0.15, -0.1) is 0 Å². The van der Waals surface area contributed by atoms with Crippen molar-refractivity contribution in [1.82, 2.24) is 0 Å². The molecule has 0 aliphatic heterocycles. The molecule has 0 fully saturated rings. The third kappa shape index (κ3) is 43400. The summed E-state index contributed by atoms with van der Waals surface area (Å²) in [5, 5.41) is 15.4. The van der Waals surface area contributed by atoms with Gasteiger partial charge in [-0.25, -0.2) is 0 Å². The maximum absolute atomic E-state index is 7.72. The minimum Gasteiger partial charge on any atom is -0.397 e. The van der Waals surface area contributed by atoms with E-state index in [0.29, 0.717) is 0 Å². The van der Waals surface area contributed by atoms with Crippen LogP contribution in [0, 0.1) is 0 Å². The molecule has 9 heavy (non-hydrogen) atoms. The van der Waals surface area contributed by atoms with E-state index >= 15 is 0 Å². The second kappa shape index (κ2) is 103. The fourth-order valence-corrected chi connectivity index (χ4v) is 0. The van der Waals surface area contributed by atoms with Gasteiger partial charge in [0.15, 0.2) is 0 Å². The number of aliphatic hydroxyl groups is 2. The zero-order chi connectivity index (χ0) is 7.15. The highest BCUT2D eigenvalue weighted by Crippen LogP contribution is 1.30. The Morgan fingerprint density at radius 1 is 1.00 bits per heavy atom. The summed E-state index contributed by atoms with van der Waals surface area (Å²) in [4.78, 5) is 0. The molecule has 0 heterocycles. The maximum Gasteiger partial charge on any atom is 0.0561 e. The lowest BCUT2D eigenvalue weighted by molar-refractivity contribution is 0.318. The molecule has 0 aromatic carbocycles. The highest BCUT2D eigenvalue weighted by atomic mass is 16.3. The van der Waals surface area contributed by atoms with Crippen LogP contribution < -0.4 is 0 Å². The average molecular weight is 142 g/mol. The third-order valence-electron chi connectivity index (χ3n) is 0. The zero-order valence-corrected chi connectivity index (χ0v) is 4.05. The van der Waals surface area contributed by atoms with Crippen LogP contribution in [-0.2, 0) is 0 Å². The second-order valence-corrected chi connectivity index (χ2v) is 0.516. The fourth-order valence-electron chi connectivity index (χ4n) is 0. The normalized spacial score (nSPS) is 14.2. The first-order chi connectivity index (χ1) is 3.46. The molecule has 0 radical (unpaired) electrons. The fraction of sp³-hybridized carbons (Fsp3) is 1.00. The molecule has 0 aliphatic rings. The number of rotatable bonds is 0. The lowest BCUT2D eigenvalue weighted by atomic mass is 10.9. The first-order valence-electron chi connectivity index (χ1n) is 2.83. The van der Waals surface area contributed by atoms with Crippen molar-refractivity contribution < 1.29 is 13.0 Å². The van der Waals surface area contributed by atoms with Gasteiger partial charge in [0.1, 0.15) is 0 Å². The SMILES string of the molecule is C.C.C.[2H]C(C)O.[2H]C(C)O. The standard InChI is InChI=1S/2C2H6O.3CH4/c2*1-2-3;;;/h2*3H,2H2,1H3;3*1H4/i2*2D;;;. The van der Waals surface area contributed by atoms with Crippen molar-refractivity contribution in [1.29, 1.82) is 0 Å². The average Bonchev–Trinajstić information content (AvgIpc) is 1.25. The first-order valence-corrected chi connectivity index (χ1v) is 1.67. The lowest BCUT2D eigenvalue weighted by Crippen LogP contribution is -1.57. The first kappa shape index (κ1) is 16.0. The van der Waals surface area contributed by atoms with Gasteiger partial charge in [-0.2, -0.15) is 0 Å². The Labute approximate surface area is 63.4 Å². The molecule has 0 aliphatic carbocycles. The van der Waals surface area contributed by atoms with E-state index in [1.165, 1.54) is 13.8 Å². The molecule has 2 unspecified atom stereocenters. The number of hydrogen-bond donors (Lipinski definition) is 2. The molecule has 2 N–H and O–H groups in total. The summed E-state index contributed by atoms with van der Waals surface area (Å²) in [5.74, 6) is 0. The van der Waals surface area contributed by atoms with Crippen LogP contribution in [0.5, 0.6) is 0 Å². The van der Waals surface area contributed by atoms with E-state index in [9.17, 15) is 0 Å². The highest BCUT2D eigenvalue weighted by molar-refractivity contribution is 3.84. The summed E-state index contributed by atoms with van der Waals surface area (Å²) in [7, 11) is 0. The van der Waals surface area contributed by atoms with Gasteiger partial charge in [-0.05, 0) is 13.8 Å². The Kier molecular flexibility index (Phi) is 183. The van der Waals surface area contributed by atoms with Crippen molar-refractivity contribution in [3.8, 4) is 0 Å². The Balaban J connectivity index is -0.0000000171. The largest absolute Gasteiger partial charge is 0.397 e. The third-order valence-corrected chi connectivity index (χ3v) is 0. The molecule has 0 amide bonds. The van der Waals surface area contributed by atoms with Crippen LogP contribution in [0.3, 0.4) is 0 Å². The molecule has 0 saturated carbocycles. The molecule has 2 nitrogen and oxygen atoms in total. The molecule has 0 saturated heterocycles. The molecular weight excluding hydrogens is 116 g/mol. The summed E-state index contributed by atoms with van der Waals surface area (Å²) in [6, 6.07) is 0. The molecule has 0 spiro atoms. The lowest BCUT2D eigenvalue weighted by Gasteiger charge is -1.52. The van der Waals surface area contributed by atoms with Gasteiger partial charge in [0.25, 0.3) is 0 Å². The maximum atomic E-state index is 7.72. The van der Waals surface area contributed by atoms with E-state index < -0.39 is 13.2 Å². The van der Waals surface area contributed by atoms with E-state index in [-0.39, 0.29) is 22.3 Å². The predicted octanol–water partition coefficient (Wildman–Crippen LogP) is 1.91. The van der Waals surface area contributed by atoms with E-state index in [0.717, 1.165) is 0 Å². The monoisotopic (exact) mass is 142 g/mol. The Hall–Kier alpha value is -0.0800. The number of hydrogen-bond acceptors (Lipinski definition) is 2. The van der Waals surface area contributed by atoms with Gasteiger partial charge in [0, 0.05) is 13.2 Å². The van der Waals surface area contributed by atoms with Gasteiger partial charge >= 0.3 is 0 Å². The minimum atomic E-state index is -0.917. The van der Waals surface area contributed by atoms with Crippen LogP contribution in [0.15, 0.2) is 0 Å². The van der Waals surface area contributed by atoms with Crippen molar-refractivity contribution in [3.63, 3.8) is 0 Å². The minimum absolute atomic E-state index is 0. The Morgan fingerprint density at radius 2 is 1.00 bits per heavy atom. The Morgan fingerprint density at radius 3 is 1.00 bits per heavy atom. The van der Waals surface area contributed by atoms with Crippen molar-refractivity contribution in [2.24, 2.45) is 0 Å². The zero-order valence-electron chi connectivity index (χ0n) is 6.05. The van der Waals surface area contributed by atoms with Crippen molar-refractivity contribution in [2.75, 3.05) is 13.2 Å². The topological polar surface area (TPSA) is 40.5 Å². The molecule has 2 heteroatoms. The smallest absolute Gasteiger partial charge is 0.0561 e. The van der Waals surface area contributed by atoms with Crippen LogP contribution in [0.2, 0.25) is 0 Å². The summed E-state index contributed by atoms with van der Waals surface area (Å²) < 4.78 is 12.3. The number of aliphatic hydroxyl groups excluding tert-OH is 2. The van der Waals surface area contributed by atoms with E-state index in [1.807, 2.05) is 0 Å². The molecule has 2 atom stereocenters. The molecule has 0 bridgehead atoms. The van der Waals surface area contributed by atoms with Crippen molar-refractivity contribution >= 4 is 0 Å². The van der Waals surface area contributed by atoms with Crippen molar-refractivity contribution in [3.05, 3.63) is 0 Å². The van der Waals surface area contributed by atoms with Gasteiger partial charge < -0.3 is 10.2 Å². The predicted molar refractivity (Wildman–Crippen MR) is 45.7 cm³/mol. The summed E-state index contributed by atoms with van der Waals surface area (Å²) in [6.45, 7) is 0.944. The van der Waals surface area contributed by atoms with Crippen LogP contribution >= 0.6 is 0 Å². The summed E-state index contributed by atoms with van der Waals surface area (Å²) >= 11 is 0.